The van der Waals surface area contributed by atoms with Gasteiger partial charge in [-0.3, -0.25) is 9.59 Å². The van der Waals surface area contributed by atoms with Gasteiger partial charge in [-0.05, 0) is 69.6 Å². The zero-order valence-electron chi connectivity index (χ0n) is 27.1. The molecule has 9 nitrogen and oxygen atoms in total. The van der Waals surface area contributed by atoms with Crippen LogP contribution in [0.15, 0.2) is 10.6 Å². The molecule has 1 aliphatic carbocycles. The molecule has 1 saturated carbocycles. The first kappa shape index (κ1) is 34.4. The van der Waals surface area contributed by atoms with Gasteiger partial charge in [0.1, 0.15) is 11.8 Å². The van der Waals surface area contributed by atoms with Crippen molar-refractivity contribution in [1.82, 2.24) is 15.0 Å². The molecule has 0 aromatic carbocycles. The fraction of sp³-hybridized carbons (Fsp3) is 0.848. The maximum atomic E-state index is 10.6. The first-order chi connectivity index (χ1) is 20.2. The normalized spacial score (nSPS) is 23.0. The topological polar surface area (TPSA) is 105 Å². The molecule has 42 heavy (non-hydrogen) atoms. The van der Waals surface area contributed by atoms with E-state index in [0.717, 1.165) is 37.0 Å². The van der Waals surface area contributed by atoms with Crippen molar-refractivity contribution < 1.29 is 18.8 Å². The van der Waals surface area contributed by atoms with Crippen LogP contribution in [0.4, 0.5) is 5.82 Å². The van der Waals surface area contributed by atoms with Crippen molar-refractivity contribution in [3.8, 4) is 0 Å². The molecule has 0 bridgehead atoms. The minimum absolute atomic E-state index is 0.350. The van der Waals surface area contributed by atoms with Crippen LogP contribution in [0, 0.1) is 11.8 Å². The highest BCUT2D eigenvalue weighted by Gasteiger charge is 2.29. The van der Waals surface area contributed by atoms with Gasteiger partial charge in [-0.15, -0.1) is 0 Å². The third kappa shape index (κ3) is 10.5. The van der Waals surface area contributed by atoms with E-state index in [-0.39, 0.29) is 6.04 Å². The van der Waals surface area contributed by atoms with Crippen LogP contribution in [0.5, 0.6) is 0 Å². The molecule has 3 aliphatic heterocycles. The Kier molecular flexibility index (Phi) is 14.6. The van der Waals surface area contributed by atoms with Gasteiger partial charge >= 0.3 is 0 Å². The summed E-state index contributed by atoms with van der Waals surface area (Å²) in [7, 11) is 0. The summed E-state index contributed by atoms with van der Waals surface area (Å²) >= 11 is 0. The molecule has 240 valence electrons. The largest absolute Gasteiger partial charge is 0.375 e. The first-order valence-corrected chi connectivity index (χ1v) is 16.8. The highest BCUT2D eigenvalue weighted by atomic mass is 16.5. The van der Waals surface area contributed by atoms with E-state index in [1.165, 1.54) is 82.3 Å². The third-order valence-corrected chi connectivity index (χ3v) is 9.65. The summed E-state index contributed by atoms with van der Waals surface area (Å²) in [5.74, 6) is 3.49. The number of likely N-dealkylation sites (tertiary alicyclic amines) is 2. The van der Waals surface area contributed by atoms with Crippen molar-refractivity contribution in [1.29, 1.82) is 0 Å². The van der Waals surface area contributed by atoms with Crippen LogP contribution in [-0.2, 0) is 14.3 Å². The van der Waals surface area contributed by atoms with Gasteiger partial charge in [0.25, 0.3) is 0 Å². The van der Waals surface area contributed by atoms with Crippen LogP contribution in [0.25, 0.3) is 0 Å². The number of ether oxygens (including phenoxy) is 1. The van der Waals surface area contributed by atoms with Crippen LogP contribution >= 0.6 is 0 Å². The Morgan fingerprint density at radius 1 is 0.976 bits per heavy atom. The number of aromatic nitrogens is 1. The van der Waals surface area contributed by atoms with Crippen LogP contribution in [0.3, 0.4) is 0 Å². The molecule has 4 fully saturated rings. The average Bonchev–Trinajstić information content (AvgIpc) is 3.67. The molecule has 2 unspecified atom stereocenters. The number of primary amides is 1. The average molecular weight is 590 g/mol. The summed E-state index contributed by atoms with van der Waals surface area (Å²) in [5.41, 5.74) is 5.02. The SMILES string of the molecule is CC(C)C(C)c1cc(N2CCC(CN3CCC(OC4CCC4)CC3)CC2)no1.CCCC.NC(=O)C1CCCN1C=O. The molecule has 1 aromatic heterocycles. The second-order valence-corrected chi connectivity index (χ2v) is 13.1. The lowest BCUT2D eigenvalue weighted by atomic mass is 9.94. The Morgan fingerprint density at radius 3 is 2.12 bits per heavy atom. The molecule has 9 heteroatoms. The van der Waals surface area contributed by atoms with Crippen LogP contribution in [0.2, 0.25) is 0 Å². The van der Waals surface area contributed by atoms with Crippen molar-refractivity contribution >= 4 is 18.1 Å². The predicted molar refractivity (Wildman–Crippen MR) is 168 cm³/mol. The van der Waals surface area contributed by atoms with Crippen molar-refractivity contribution in [3.05, 3.63) is 11.8 Å². The number of nitrogens with two attached hydrogens (primary N) is 1. The fourth-order valence-electron chi connectivity index (χ4n) is 5.91. The molecule has 1 aromatic rings. The monoisotopic (exact) mass is 589 g/mol. The van der Waals surface area contributed by atoms with E-state index in [1.54, 1.807) is 0 Å². The summed E-state index contributed by atoms with van der Waals surface area (Å²) in [5, 5.41) is 4.35. The maximum Gasteiger partial charge on any atom is 0.240 e. The number of nitrogens with zero attached hydrogens (tertiary/aromatic N) is 4. The predicted octanol–water partition coefficient (Wildman–Crippen LogP) is 5.58. The van der Waals surface area contributed by atoms with Crippen molar-refractivity contribution in [3.63, 3.8) is 0 Å². The molecule has 5 rings (SSSR count). The number of unbranched alkanes of at least 4 members (excludes halogenated alkanes) is 1. The molecule has 2 amide bonds. The summed E-state index contributed by atoms with van der Waals surface area (Å²) in [6, 6.07) is 1.82. The lowest BCUT2D eigenvalue weighted by Gasteiger charge is -2.39. The van der Waals surface area contributed by atoms with Crippen molar-refractivity contribution in [2.45, 2.75) is 129 Å². The summed E-state index contributed by atoms with van der Waals surface area (Å²) < 4.78 is 11.8. The number of hydrogen-bond donors (Lipinski definition) is 1. The Balaban J connectivity index is 0.000000287. The Labute approximate surface area is 254 Å². The van der Waals surface area contributed by atoms with Crippen molar-refractivity contribution in [2.75, 3.05) is 44.2 Å². The molecule has 2 N–H and O–H groups in total. The van der Waals surface area contributed by atoms with E-state index < -0.39 is 5.91 Å². The van der Waals surface area contributed by atoms with Gasteiger partial charge in [-0.25, -0.2) is 0 Å². The molecular weight excluding hydrogens is 530 g/mol. The Bertz CT molecular complexity index is 902. The van der Waals surface area contributed by atoms with Gasteiger partial charge < -0.3 is 29.7 Å². The molecular formula is C33H59N5O4. The molecule has 2 atom stereocenters. The Morgan fingerprint density at radius 2 is 1.62 bits per heavy atom. The molecule has 4 aliphatic rings. The van der Waals surface area contributed by atoms with Gasteiger partial charge in [0.15, 0.2) is 5.82 Å². The second-order valence-electron chi connectivity index (χ2n) is 13.1. The highest BCUT2D eigenvalue weighted by molar-refractivity contribution is 5.82. The van der Waals surface area contributed by atoms with E-state index in [9.17, 15) is 9.59 Å². The lowest BCUT2D eigenvalue weighted by molar-refractivity contribution is -0.128. The molecule has 0 radical (unpaired) electrons. The summed E-state index contributed by atoms with van der Waals surface area (Å²) in [4.78, 5) is 27.4. The van der Waals surface area contributed by atoms with Gasteiger partial charge in [-0.2, -0.15) is 0 Å². The zero-order chi connectivity index (χ0) is 30.5. The van der Waals surface area contributed by atoms with Crippen LogP contribution in [-0.4, -0.2) is 84.8 Å². The summed E-state index contributed by atoms with van der Waals surface area (Å²) in [6.45, 7) is 17.6. The quantitative estimate of drug-likeness (QED) is 0.355. The fourth-order valence-corrected chi connectivity index (χ4v) is 5.91. The number of amides is 2. The maximum absolute atomic E-state index is 10.6. The van der Waals surface area contributed by atoms with Gasteiger partial charge in [0, 0.05) is 51.3 Å². The van der Waals surface area contributed by atoms with Crippen molar-refractivity contribution in [2.24, 2.45) is 17.6 Å². The van der Waals surface area contributed by atoms with Gasteiger partial charge in [0.05, 0.1) is 12.2 Å². The van der Waals surface area contributed by atoms with E-state index >= 15 is 0 Å². The lowest BCUT2D eigenvalue weighted by Crippen LogP contribution is -2.43. The van der Waals surface area contributed by atoms with E-state index in [0.29, 0.717) is 43.4 Å². The van der Waals surface area contributed by atoms with Crippen LogP contribution in [0.1, 0.15) is 117 Å². The van der Waals surface area contributed by atoms with Crippen LogP contribution < -0.4 is 10.6 Å². The molecule has 0 spiro atoms. The number of carbonyl (C=O) groups excluding carboxylic acids is 2. The zero-order valence-corrected chi connectivity index (χ0v) is 27.1. The number of piperidine rings is 2. The minimum Gasteiger partial charge on any atom is -0.375 e. The number of rotatable bonds is 10. The number of hydrogen-bond acceptors (Lipinski definition) is 7. The first-order valence-electron chi connectivity index (χ1n) is 16.8. The second kappa shape index (κ2) is 17.9. The molecule has 4 heterocycles. The van der Waals surface area contributed by atoms with E-state index in [1.807, 2.05) is 0 Å². The summed E-state index contributed by atoms with van der Waals surface area (Å²) in [6.07, 6.45) is 15.0. The van der Waals surface area contributed by atoms with Gasteiger partial charge in [-0.1, -0.05) is 52.6 Å². The molecule has 3 saturated heterocycles. The van der Waals surface area contributed by atoms with Gasteiger partial charge in [0.2, 0.25) is 12.3 Å². The van der Waals surface area contributed by atoms with E-state index in [4.69, 9.17) is 15.0 Å². The standard InChI is InChI=1S/C23H39N3O2.C6H10N2O2.C4H10/c1-17(2)18(3)22-15-23(24-28-22)26-13-7-19(8-14-26)16-25-11-9-21(10-12-25)27-20-5-4-6-20;7-6(10)5-2-1-3-8(5)4-9;1-3-4-2/h15,17-21H,4-14,16H2,1-3H3;4-5H,1-3H2,(H2,7,10);3-4H2,1-2H3. The number of anilines is 1. The van der Waals surface area contributed by atoms with E-state index in [2.05, 4.69) is 55.6 Å². The minimum atomic E-state index is -0.399. The number of carbonyl (C=O) groups is 2. The Hall–Kier alpha value is -2.13. The third-order valence-electron chi connectivity index (χ3n) is 9.65. The highest BCUT2D eigenvalue weighted by Crippen LogP contribution is 2.30. The smallest absolute Gasteiger partial charge is 0.240 e.